The molecule has 230 valence electrons. The molecule has 2 fully saturated rings. The van der Waals surface area contributed by atoms with E-state index in [0.717, 1.165) is 31.2 Å². The van der Waals surface area contributed by atoms with Gasteiger partial charge in [0.15, 0.2) is 0 Å². The Morgan fingerprint density at radius 3 is 1.51 bits per heavy atom. The molecule has 0 aromatic rings. The van der Waals surface area contributed by atoms with E-state index < -0.39 is 36.2 Å². The largest absolute Gasteiger partial charge is 0.459 e. The maximum Gasteiger partial charge on any atom is 0.317 e. The van der Waals surface area contributed by atoms with Gasteiger partial charge in [-0.1, -0.05) is 112 Å². The Kier molecular flexibility index (Phi) is 15.7. The van der Waals surface area contributed by atoms with Crippen molar-refractivity contribution in [3.8, 4) is 0 Å². The Morgan fingerprint density at radius 2 is 1.26 bits per heavy atom. The molecule has 1 heterocycles. The summed E-state index contributed by atoms with van der Waals surface area (Å²) >= 11 is 0. The van der Waals surface area contributed by atoms with Crippen molar-refractivity contribution in [2.45, 2.75) is 162 Å². The molecule has 39 heavy (non-hydrogen) atoms. The van der Waals surface area contributed by atoms with Crippen LogP contribution in [0.3, 0.4) is 0 Å². The van der Waals surface area contributed by atoms with Gasteiger partial charge in [-0.25, -0.2) is 0 Å². The molecule has 4 unspecified atom stereocenters. The highest BCUT2D eigenvalue weighted by atomic mass is 28.4. The molecule has 0 spiro atoms. The zero-order valence-corrected chi connectivity index (χ0v) is 31.2. The number of esters is 3. The number of ether oxygens (including phenoxy) is 2. The SMILES string of the molecule is CC1C(=O)OC(=O)C1C.CCC(C)C(=O)OC1(CC)CCCC1.CCC(C)[Si](C)(C[Si](C)(C)C)C[Si](C)(C)C. The first-order chi connectivity index (χ1) is 17.7. The zero-order valence-electron chi connectivity index (χ0n) is 28.2. The number of rotatable bonds is 10. The van der Waals surface area contributed by atoms with E-state index >= 15 is 0 Å². The van der Waals surface area contributed by atoms with E-state index in [1.54, 1.807) is 25.2 Å². The molecule has 0 N–H and O–H groups in total. The zero-order chi connectivity index (χ0) is 30.8. The van der Waals surface area contributed by atoms with Crippen molar-refractivity contribution in [3.05, 3.63) is 0 Å². The van der Waals surface area contributed by atoms with Gasteiger partial charge >= 0.3 is 17.9 Å². The minimum atomic E-state index is -1.00. The lowest BCUT2D eigenvalue weighted by molar-refractivity contribution is -0.164. The van der Waals surface area contributed by atoms with Crippen LogP contribution in [0, 0.1) is 17.8 Å². The summed E-state index contributed by atoms with van der Waals surface area (Å²) in [7, 11) is -2.78. The average Bonchev–Trinajstić information content (AvgIpc) is 3.36. The summed E-state index contributed by atoms with van der Waals surface area (Å²) in [5, 5.41) is 0. The van der Waals surface area contributed by atoms with Crippen LogP contribution in [-0.2, 0) is 23.9 Å². The third-order valence-corrected chi connectivity index (χ3v) is 26.6. The highest BCUT2D eigenvalue weighted by molar-refractivity contribution is 7.03. The van der Waals surface area contributed by atoms with Gasteiger partial charge in [-0.2, -0.15) is 0 Å². The van der Waals surface area contributed by atoms with E-state index in [2.05, 4.69) is 71.3 Å². The molecule has 1 saturated heterocycles. The van der Waals surface area contributed by atoms with E-state index in [-0.39, 0.29) is 29.3 Å². The minimum absolute atomic E-state index is 0.00347. The van der Waals surface area contributed by atoms with Crippen LogP contribution in [0.2, 0.25) is 62.7 Å². The molecule has 1 aliphatic heterocycles. The van der Waals surface area contributed by atoms with Crippen LogP contribution in [0.1, 0.15) is 93.4 Å². The van der Waals surface area contributed by atoms with Gasteiger partial charge < -0.3 is 9.47 Å². The van der Waals surface area contributed by atoms with Gasteiger partial charge in [0.05, 0.1) is 17.8 Å². The molecule has 1 saturated carbocycles. The van der Waals surface area contributed by atoms with Crippen LogP contribution in [0.5, 0.6) is 0 Å². The monoisotopic (exact) mass is 600 g/mol. The third kappa shape index (κ3) is 13.6. The van der Waals surface area contributed by atoms with Gasteiger partial charge in [-0.15, -0.1) is 0 Å². The summed E-state index contributed by atoms with van der Waals surface area (Å²) < 4.78 is 9.97. The van der Waals surface area contributed by atoms with Crippen molar-refractivity contribution in [2.24, 2.45) is 17.8 Å². The van der Waals surface area contributed by atoms with E-state index in [1.807, 2.05) is 13.8 Å². The molecule has 2 aliphatic rings. The Labute approximate surface area is 245 Å². The predicted molar refractivity (Wildman–Crippen MR) is 174 cm³/mol. The van der Waals surface area contributed by atoms with Crippen LogP contribution >= 0.6 is 0 Å². The van der Waals surface area contributed by atoms with Crippen LogP contribution in [0.15, 0.2) is 0 Å². The molecule has 1 aliphatic carbocycles. The van der Waals surface area contributed by atoms with E-state index in [9.17, 15) is 14.4 Å². The second-order valence-corrected chi connectivity index (χ2v) is 32.6. The molecule has 2 rings (SSSR count). The fraction of sp³-hybridized carbons (Fsp3) is 0.903. The lowest BCUT2D eigenvalue weighted by Gasteiger charge is -2.41. The molecule has 0 amide bonds. The smallest absolute Gasteiger partial charge is 0.317 e. The Hall–Kier alpha value is -0.739. The first kappa shape index (κ1) is 38.3. The summed E-state index contributed by atoms with van der Waals surface area (Å²) in [5.74, 6) is -1.25. The fourth-order valence-electron chi connectivity index (χ4n) is 6.05. The highest BCUT2D eigenvalue weighted by Crippen LogP contribution is 2.38. The van der Waals surface area contributed by atoms with E-state index in [4.69, 9.17) is 4.74 Å². The molecular weight excluding hydrogens is 537 g/mol. The summed E-state index contributed by atoms with van der Waals surface area (Å²) in [5.41, 5.74) is 4.19. The van der Waals surface area contributed by atoms with Crippen molar-refractivity contribution in [2.75, 3.05) is 0 Å². The average molecular weight is 601 g/mol. The Morgan fingerprint density at radius 1 is 0.846 bits per heavy atom. The normalized spacial score (nSPS) is 22.6. The summed E-state index contributed by atoms with van der Waals surface area (Å²) in [6, 6.07) is 0. The second kappa shape index (κ2) is 16.0. The molecule has 5 nitrogen and oxygen atoms in total. The van der Waals surface area contributed by atoms with Gasteiger partial charge in [-0.3, -0.25) is 14.4 Å². The maximum atomic E-state index is 11.7. The number of hydrogen-bond acceptors (Lipinski definition) is 5. The first-order valence-electron chi connectivity index (χ1n) is 15.6. The van der Waals surface area contributed by atoms with Crippen LogP contribution in [0.4, 0.5) is 0 Å². The minimum Gasteiger partial charge on any atom is -0.459 e. The predicted octanol–water partition coefficient (Wildman–Crippen LogP) is 9.26. The maximum absolute atomic E-state index is 11.7. The van der Waals surface area contributed by atoms with Gasteiger partial charge in [-0.05, 0) is 44.1 Å². The molecule has 4 atom stereocenters. The standard InChI is InChI=1S/C13H34Si3.C12H22O2.C6H8O3/c1-10-13(2)16(9,11-14(3,4)5)12-15(6,7)8;1-4-10(3)11(13)14-12(5-2)8-6-7-9-12;1-3-4(2)6(8)9-5(3)7/h13H,10-12H2,1-9H3;10H,4-9H2,1-3H3;3-4H,1-2H3. The Balaban J connectivity index is 0.000000575. The van der Waals surface area contributed by atoms with Gasteiger partial charge in [0.25, 0.3) is 0 Å². The topological polar surface area (TPSA) is 69.7 Å². The summed E-state index contributed by atoms with van der Waals surface area (Å²) in [4.78, 5) is 32.8. The molecular formula is C31H64O5Si3. The van der Waals surface area contributed by atoms with Crippen molar-refractivity contribution < 1.29 is 23.9 Å². The molecule has 0 radical (unpaired) electrons. The van der Waals surface area contributed by atoms with Crippen molar-refractivity contribution in [1.29, 1.82) is 0 Å². The first-order valence-corrected chi connectivity index (χ1v) is 26.0. The second-order valence-electron chi connectivity index (χ2n) is 15.2. The van der Waals surface area contributed by atoms with Crippen LogP contribution in [-0.4, -0.2) is 47.7 Å². The quantitative estimate of drug-likeness (QED) is 0.142. The van der Waals surface area contributed by atoms with Crippen LogP contribution in [0.25, 0.3) is 0 Å². The summed E-state index contributed by atoms with van der Waals surface area (Å²) in [6.45, 7) is 32.5. The van der Waals surface area contributed by atoms with E-state index in [1.165, 1.54) is 19.3 Å². The van der Waals surface area contributed by atoms with Crippen molar-refractivity contribution in [1.82, 2.24) is 0 Å². The van der Waals surface area contributed by atoms with Gasteiger partial charge in [0, 0.05) is 24.2 Å². The number of carbonyl (C=O) groups excluding carboxylic acids is 3. The number of cyclic esters (lactones) is 2. The highest BCUT2D eigenvalue weighted by Gasteiger charge is 2.40. The Bertz CT molecular complexity index is 744. The lowest BCUT2D eigenvalue weighted by Crippen LogP contribution is -2.48. The molecule has 8 heteroatoms. The van der Waals surface area contributed by atoms with Gasteiger partial charge in [0.1, 0.15) is 5.60 Å². The fourth-order valence-corrected chi connectivity index (χ4v) is 30.8. The van der Waals surface area contributed by atoms with Crippen molar-refractivity contribution >= 4 is 42.1 Å². The molecule has 0 aromatic carbocycles. The lowest BCUT2D eigenvalue weighted by atomic mass is 9.98. The van der Waals surface area contributed by atoms with Crippen molar-refractivity contribution in [3.63, 3.8) is 0 Å². The van der Waals surface area contributed by atoms with Gasteiger partial charge in [0.2, 0.25) is 0 Å². The summed E-state index contributed by atoms with van der Waals surface area (Å²) in [6.07, 6.45) is 7.78. The number of carbonyl (C=O) groups is 3. The molecule has 0 bridgehead atoms. The van der Waals surface area contributed by atoms with E-state index in [0.29, 0.717) is 0 Å². The number of hydrogen-bond donors (Lipinski definition) is 0. The third-order valence-electron chi connectivity index (χ3n) is 8.86. The molecule has 0 aromatic heterocycles. The van der Waals surface area contributed by atoms with Crippen LogP contribution < -0.4 is 0 Å².